The summed E-state index contributed by atoms with van der Waals surface area (Å²) in [4.78, 5) is 32.5. The summed E-state index contributed by atoms with van der Waals surface area (Å²) in [7, 11) is 0. The summed E-state index contributed by atoms with van der Waals surface area (Å²) in [6.45, 7) is -0.311. The molecule has 0 spiro atoms. The lowest BCUT2D eigenvalue weighted by Gasteiger charge is -2.10. The van der Waals surface area contributed by atoms with Gasteiger partial charge in [0.15, 0.2) is 0 Å². The molecule has 0 aliphatic heterocycles. The Bertz CT molecular complexity index is 549. The molecule has 1 aromatic rings. The molecule has 1 atom stereocenters. The highest BCUT2D eigenvalue weighted by Crippen LogP contribution is 2.14. The average molecular weight is 285 g/mol. The van der Waals surface area contributed by atoms with Gasteiger partial charge in [-0.3, -0.25) is 4.79 Å². The quantitative estimate of drug-likeness (QED) is 0.517. The van der Waals surface area contributed by atoms with Crippen LogP contribution >= 0.6 is 0 Å². The molecular weight excluding hydrogens is 273 g/mol. The van der Waals surface area contributed by atoms with Crippen molar-refractivity contribution in [1.82, 2.24) is 5.32 Å². The molecule has 0 saturated carbocycles. The van der Waals surface area contributed by atoms with E-state index in [0.29, 0.717) is 0 Å². The topological polar surface area (TPSA) is 142 Å². The molecule has 0 aliphatic rings. The Morgan fingerprint density at radius 1 is 1.30 bits per heavy atom. The number of hydrogen-bond donors (Lipinski definition) is 5. The van der Waals surface area contributed by atoms with Crippen LogP contribution in [-0.2, 0) is 4.79 Å². The summed E-state index contributed by atoms with van der Waals surface area (Å²) in [5.74, 6) is -3.68. The Morgan fingerprint density at radius 2 is 1.95 bits per heavy atom. The van der Waals surface area contributed by atoms with Crippen molar-refractivity contribution < 1.29 is 29.0 Å². The molecule has 8 nitrogen and oxygen atoms in total. The third kappa shape index (κ3) is 4.21. The number of carbonyl (C=O) groups is 3. The van der Waals surface area contributed by atoms with Crippen LogP contribution in [0.2, 0.25) is 0 Å². The van der Waals surface area contributed by atoms with Crippen molar-refractivity contribution in [3.63, 3.8) is 0 Å². The van der Waals surface area contributed by atoms with E-state index in [1.165, 1.54) is 6.07 Å². The molecule has 1 rings (SSSR count). The number of carboxylic acids is 2. The molecule has 0 heterocycles. The van der Waals surface area contributed by atoms with Crippen molar-refractivity contribution in [1.29, 1.82) is 0 Å². The Balaban J connectivity index is 2.65. The highest BCUT2D eigenvalue weighted by molar-refractivity contribution is 5.93. The number of aromatic carboxylic acids is 1. The number of rotatable bonds is 5. The van der Waals surface area contributed by atoms with E-state index in [1.807, 2.05) is 0 Å². The Morgan fingerprint density at radius 3 is 2.50 bits per heavy atom. The fourth-order valence-electron chi connectivity index (χ4n) is 1.23. The molecule has 0 unspecified atom stereocenters. The van der Waals surface area contributed by atoms with Crippen molar-refractivity contribution in [2.24, 2.45) is 5.73 Å². The lowest BCUT2D eigenvalue weighted by Crippen LogP contribution is -2.43. The zero-order chi connectivity index (χ0) is 15.3. The monoisotopic (exact) mass is 285 g/mol. The molecule has 0 bridgehead atoms. The van der Waals surface area contributed by atoms with Gasteiger partial charge in [-0.1, -0.05) is 0 Å². The summed E-state index contributed by atoms with van der Waals surface area (Å²) >= 11 is 0. The van der Waals surface area contributed by atoms with Crippen LogP contribution in [0.15, 0.2) is 18.2 Å². The third-order valence-electron chi connectivity index (χ3n) is 2.25. The van der Waals surface area contributed by atoms with Crippen LogP contribution in [0.3, 0.4) is 0 Å². The van der Waals surface area contributed by atoms with Crippen LogP contribution in [0.5, 0.6) is 0 Å². The largest absolute Gasteiger partial charge is 0.480 e. The van der Waals surface area contributed by atoms with Gasteiger partial charge in [0.2, 0.25) is 0 Å². The molecule has 0 saturated heterocycles. The van der Waals surface area contributed by atoms with Crippen molar-refractivity contribution >= 4 is 23.7 Å². The molecule has 0 fully saturated rings. The Kier molecular flexibility index (Phi) is 4.98. The predicted molar refractivity (Wildman–Crippen MR) is 66.0 cm³/mol. The van der Waals surface area contributed by atoms with Crippen LogP contribution in [0.1, 0.15) is 10.4 Å². The summed E-state index contributed by atoms with van der Waals surface area (Å²) in [6, 6.07) is 0.947. The predicted octanol–water partition coefficient (Wildman–Crippen LogP) is 0.0573. The van der Waals surface area contributed by atoms with Gasteiger partial charge in [0.1, 0.15) is 11.9 Å². The average Bonchev–Trinajstić information content (AvgIpc) is 2.37. The first-order chi connectivity index (χ1) is 9.31. The standard InChI is InChI=1S/C11H12FN3O5/c12-7-2-1-5(3-6(7)9(16)17)15-11(20)14-4-8(13)10(18)19/h1-3,8H,4,13H2,(H,16,17)(H,18,19)(H2,14,15,20)/t8-/m0/s1. The van der Waals surface area contributed by atoms with Gasteiger partial charge in [0.05, 0.1) is 5.56 Å². The molecule has 2 amide bonds. The zero-order valence-electron chi connectivity index (χ0n) is 10.1. The SMILES string of the molecule is N[C@@H](CNC(=O)Nc1ccc(F)c(C(=O)O)c1)C(=O)O. The molecule has 0 aliphatic carbocycles. The number of benzene rings is 1. The first kappa shape index (κ1) is 15.4. The number of urea groups is 1. The van der Waals surface area contributed by atoms with Crippen molar-refractivity contribution in [3.8, 4) is 0 Å². The molecule has 20 heavy (non-hydrogen) atoms. The van der Waals surface area contributed by atoms with Gasteiger partial charge in [0.25, 0.3) is 0 Å². The number of carboxylic acid groups (broad SMARTS) is 2. The van der Waals surface area contributed by atoms with Gasteiger partial charge in [-0.2, -0.15) is 0 Å². The lowest BCUT2D eigenvalue weighted by atomic mass is 10.2. The van der Waals surface area contributed by atoms with Crippen molar-refractivity contribution in [2.75, 3.05) is 11.9 Å². The van der Waals surface area contributed by atoms with Crippen LogP contribution in [0.4, 0.5) is 14.9 Å². The fraction of sp³-hybridized carbons (Fsp3) is 0.182. The second kappa shape index (κ2) is 6.48. The maximum atomic E-state index is 13.1. The number of aliphatic carboxylic acids is 1. The fourth-order valence-corrected chi connectivity index (χ4v) is 1.23. The van der Waals surface area contributed by atoms with E-state index in [2.05, 4.69) is 10.6 Å². The molecule has 0 aromatic heterocycles. The van der Waals surface area contributed by atoms with Gasteiger partial charge in [0, 0.05) is 12.2 Å². The summed E-state index contributed by atoms with van der Waals surface area (Å²) < 4.78 is 13.1. The van der Waals surface area contributed by atoms with E-state index in [9.17, 15) is 18.8 Å². The minimum atomic E-state index is -1.47. The van der Waals surface area contributed by atoms with Crippen molar-refractivity contribution in [3.05, 3.63) is 29.6 Å². The van der Waals surface area contributed by atoms with Crippen LogP contribution in [0, 0.1) is 5.82 Å². The number of halogens is 1. The Labute approximate surface area is 112 Å². The van der Waals surface area contributed by atoms with Gasteiger partial charge < -0.3 is 26.6 Å². The van der Waals surface area contributed by atoms with Crippen LogP contribution < -0.4 is 16.4 Å². The summed E-state index contributed by atoms with van der Waals surface area (Å²) in [5, 5.41) is 21.6. The van der Waals surface area contributed by atoms with E-state index < -0.39 is 35.4 Å². The number of anilines is 1. The minimum absolute atomic E-state index is 0.0465. The molecule has 6 N–H and O–H groups in total. The van der Waals surface area contributed by atoms with E-state index >= 15 is 0 Å². The maximum Gasteiger partial charge on any atom is 0.338 e. The second-order valence-electron chi connectivity index (χ2n) is 3.78. The van der Waals surface area contributed by atoms with E-state index in [1.54, 1.807) is 0 Å². The zero-order valence-corrected chi connectivity index (χ0v) is 10.1. The summed E-state index contributed by atoms with van der Waals surface area (Å²) in [5.41, 5.74) is 4.63. The normalized spacial score (nSPS) is 11.5. The number of nitrogens with two attached hydrogens (primary N) is 1. The van der Waals surface area contributed by atoms with E-state index in [-0.39, 0.29) is 12.2 Å². The first-order valence-corrected chi connectivity index (χ1v) is 5.37. The highest BCUT2D eigenvalue weighted by atomic mass is 19.1. The molecule has 1 aromatic carbocycles. The number of carbonyl (C=O) groups excluding carboxylic acids is 1. The van der Waals surface area contributed by atoms with Gasteiger partial charge in [-0.15, -0.1) is 0 Å². The number of hydrogen-bond acceptors (Lipinski definition) is 4. The maximum absolute atomic E-state index is 13.1. The summed E-state index contributed by atoms with van der Waals surface area (Å²) in [6.07, 6.45) is 0. The first-order valence-electron chi connectivity index (χ1n) is 5.37. The van der Waals surface area contributed by atoms with Crippen molar-refractivity contribution in [2.45, 2.75) is 6.04 Å². The van der Waals surface area contributed by atoms with Gasteiger partial charge in [-0.05, 0) is 18.2 Å². The van der Waals surface area contributed by atoms with Crippen LogP contribution in [0.25, 0.3) is 0 Å². The van der Waals surface area contributed by atoms with Gasteiger partial charge in [-0.25, -0.2) is 14.0 Å². The minimum Gasteiger partial charge on any atom is -0.480 e. The van der Waals surface area contributed by atoms with Crippen LogP contribution in [-0.4, -0.2) is 40.8 Å². The number of amides is 2. The third-order valence-corrected chi connectivity index (χ3v) is 2.25. The smallest absolute Gasteiger partial charge is 0.338 e. The van der Waals surface area contributed by atoms with E-state index in [4.69, 9.17) is 15.9 Å². The molecular formula is C11H12FN3O5. The van der Waals surface area contributed by atoms with Gasteiger partial charge >= 0.3 is 18.0 Å². The lowest BCUT2D eigenvalue weighted by molar-refractivity contribution is -0.138. The number of nitrogens with one attached hydrogen (secondary N) is 2. The second-order valence-corrected chi connectivity index (χ2v) is 3.78. The highest BCUT2D eigenvalue weighted by Gasteiger charge is 2.14. The Hall–Kier alpha value is -2.68. The molecule has 9 heteroatoms. The molecule has 0 radical (unpaired) electrons. The molecule has 108 valence electrons. The van der Waals surface area contributed by atoms with E-state index in [0.717, 1.165) is 12.1 Å².